The molecule has 7 nitrogen and oxygen atoms in total. The molecule has 0 aliphatic carbocycles. The van der Waals surface area contributed by atoms with Gasteiger partial charge in [0.25, 0.3) is 11.5 Å². The first-order valence-corrected chi connectivity index (χ1v) is 10.3. The molecule has 0 radical (unpaired) electrons. The Kier molecular flexibility index (Phi) is 6.35. The van der Waals surface area contributed by atoms with Gasteiger partial charge >= 0.3 is 12.4 Å². The zero-order chi connectivity index (χ0) is 26.1. The third-order valence-corrected chi connectivity index (χ3v) is 5.36. The van der Waals surface area contributed by atoms with Gasteiger partial charge in [-0.3, -0.25) is 9.78 Å². The lowest BCUT2D eigenvalue weighted by Gasteiger charge is -2.32. The number of nitrogens with one attached hydrogen (secondary N) is 3. The number of aliphatic hydroxyl groups is 1. The van der Waals surface area contributed by atoms with Crippen molar-refractivity contribution >= 4 is 29.2 Å². The van der Waals surface area contributed by atoms with Gasteiger partial charge in [0.2, 0.25) is 0 Å². The SMILES string of the molecule is O=C(Nc1ccc(C(O)(C(F)(F)F)C(F)(F)F)cc1)c1cccnc1NC1C=Cc2cnccc2N1. The second-order valence-electron chi connectivity index (χ2n) is 7.73. The normalized spacial score (nSPS) is 15.6. The highest BCUT2D eigenvalue weighted by molar-refractivity contribution is 6.07. The van der Waals surface area contributed by atoms with Gasteiger partial charge in [0.15, 0.2) is 0 Å². The second kappa shape index (κ2) is 9.15. The first kappa shape index (κ1) is 25.0. The molecule has 2 aromatic heterocycles. The average Bonchev–Trinajstić information content (AvgIpc) is 2.83. The molecule has 36 heavy (non-hydrogen) atoms. The molecule has 0 saturated heterocycles. The van der Waals surface area contributed by atoms with E-state index in [0.717, 1.165) is 23.4 Å². The molecular formula is C23H17F6N5O2. The number of pyridine rings is 2. The molecule has 1 aromatic carbocycles. The van der Waals surface area contributed by atoms with E-state index >= 15 is 0 Å². The Hall–Kier alpha value is -4.13. The van der Waals surface area contributed by atoms with Gasteiger partial charge in [0, 0.05) is 41.1 Å². The van der Waals surface area contributed by atoms with Crippen LogP contribution in [0.3, 0.4) is 0 Å². The predicted octanol–water partition coefficient (Wildman–Crippen LogP) is 4.92. The topological polar surface area (TPSA) is 99.2 Å². The molecule has 1 amide bonds. The van der Waals surface area contributed by atoms with E-state index in [1.54, 1.807) is 24.5 Å². The van der Waals surface area contributed by atoms with Crippen molar-refractivity contribution < 1.29 is 36.2 Å². The summed E-state index contributed by atoms with van der Waals surface area (Å²) in [5, 5.41) is 18.1. The van der Waals surface area contributed by atoms with Gasteiger partial charge in [-0.2, -0.15) is 26.3 Å². The molecule has 1 aliphatic heterocycles. The summed E-state index contributed by atoms with van der Waals surface area (Å²) in [5.41, 5.74) is -4.86. The number of carbonyl (C=O) groups excluding carboxylic acids is 1. The van der Waals surface area contributed by atoms with Crippen LogP contribution in [0.1, 0.15) is 21.5 Å². The summed E-state index contributed by atoms with van der Waals surface area (Å²) in [6, 6.07) is 7.24. The first-order valence-electron chi connectivity index (χ1n) is 10.3. The number of aromatic nitrogens is 2. The fourth-order valence-electron chi connectivity index (χ4n) is 3.50. The first-order chi connectivity index (χ1) is 16.9. The lowest BCUT2D eigenvalue weighted by molar-refractivity contribution is -0.376. The van der Waals surface area contributed by atoms with E-state index in [1.807, 2.05) is 6.08 Å². The van der Waals surface area contributed by atoms with Gasteiger partial charge in [-0.15, -0.1) is 0 Å². The van der Waals surface area contributed by atoms with Crippen molar-refractivity contribution in [3.63, 3.8) is 0 Å². The van der Waals surface area contributed by atoms with Gasteiger partial charge in [-0.05, 0) is 36.4 Å². The average molecular weight is 509 g/mol. The van der Waals surface area contributed by atoms with Crippen LogP contribution in [-0.2, 0) is 5.60 Å². The summed E-state index contributed by atoms with van der Waals surface area (Å²) in [4.78, 5) is 21.0. The molecule has 0 saturated carbocycles. The van der Waals surface area contributed by atoms with E-state index in [4.69, 9.17) is 0 Å². The van der Waals surface area contributed by atoms with E-state index in [-0.39, 0.29) is 17.1 Å². The fourth-order valence-corrected chi connectivity index (χ4v) is 3.50. The van der Waals surface area contributed by atoms with Crippen LogP contribution in [0.5, 0.6) is 0 Å². The summed E-state index contributed by atoms with van der Waals surface area (Å²) in [6.07, 6.45) is -4.14. The third-order valence-electron chi connectivity index (χ3n) is 5.36. The van der Waals surface area contributed by atoms with Crippen molar-refractivity contribution in [1.82, 2.24) is 9.97 Å². The van der Waals surface area contributed by atoms with Gasteiger partial charge in [-0.25, -0.2) is 4.98 Å². The Labute approximate surface area is 199 Å². The number of nitrogens with zero attached hydrogens (tertiary/aromatic N) is 2. The van der Waals surface area contributed by atoms with Crippen LogP contribution >= 0.6 is 0 Å². The molecule has 4 rings (SSSR count). The molecule has 1 atom stereocenters. The number of alkyl halides is 6. The standard InChI is InChI=1S/C23H17F6N5O2/c24-22(25,26)21(36,23(27,28)29)14-4-6-15(7-5-14)32-20(35)16-2-1-10-31-19(16)34-18-8-3-13-12-30-11-9-17(13)33-18/h1-12,18,33,36H,(H,31,34)(H,32,35). The molecule has 188 valence electrons. The minimum absolute atomic E-state index is 0.0689. The summed E-state index contributed by atoms with van der Waals surface area (Å²) in [5.74, 6) is -0.542. The van der Waals surface area contributed by atoms with Crippen molar-refractivity contribution in [2.75, 3.05) is 16.0 Å². The van der Waals surface area contributed by atoms with E-state index in [9.17, 15) is 36.2 Å². The number of hydrogen-bond donors (Lipinski definition) is 4. The summed E-state index contributed by atoms with van der Waals surface area (Å²) in [6.45, 7) is 0. The highest BCUT2D eigenvalue weighted by atomic mass is 19.4. The lowest BCUT2D eigenvalue weighted by atomic mass is 9.92. The van der Waals surface area contributed by atoms with Crippen LogP contribution in [0.15, 0.2) is 67.1 Å². The second-order valence-corrected chi connectivity index (χ2v) is 7.73. The maximum absolute atomic E-state index is 13.1. The lowest BCUT2D eigenvalue weighted by Crippen LogP contribution is -2.53. The molecule has 0 bridgehead atoms. The molecule has 4 N–H and O–H groups in total. The summed E-state index contributed by atoms with van der Waals surface area (Å²) in [7, 11) is 0. The van der Waals surface area contributed by atoms with E-state index in [0.29, 0.717) is 12.1 Å². The third kappa shape index (κ3) is 4.69. The zero-order valence-corrected chi connectivity index (χ0v) is 18.0. The number of anilines is 3. The predicted molar refractivity (Wildman–Crippen MR) is 119 cm³/mol. The van der Waals surface area contributed by atoms with Crippen LogP contribution in [0, 0.1) is 0 Å². The molecule has 1 aliphatic rings. The Morgan fingerprint density at radius 1 is 0.972 bits per heavy atom. The molecule has 0 fully saturated rings. The van der Waals surface area contributed by atoms with E-state index in [1.165, 1.54) is 18.3 Å². The van der Waals surface area contributed by atoms with Crippen molar-refractivity contribution in [2.24, 2.45) is 0 Å². The van der Waals surface area contributed by atoms with Crippen molar-refractivity contribution in [3.8, 4) is 0 Å². The van der Waals surface area contributed by atoms with Gasteiger partial charge in [0.05, 0.1) is 5.56 Å². The van der Waals surface area contributed by atoms with Crippen LogP contribution in [-0.4, -0.2) is 39.5 Å². The van der Waals surface area contributed by atoms with Gasteiger partial charge in [-0.1, -0.05) is 18.2 Å². The summed E-state index contributed by atoms with van der Waals surface area (Å²) < 4.78 is 78.4. The Bertz CT molecular complexity index is 1280. The maximum Gasteiger partial charge on any atom is 0.430 e. The fraction of sp³-hybridized carbons (Fsp3) is 0.174. The number of halogens is 6. The molecule has 0 spiro atoms. The van der Waals surface area contributed by atoms with Crippen LogP contribution in [0.25, 0.3) is 6.08 Å². The van der Waals surface area contributed by atoms with E-state index in [2.05, 4.69) is 25.9 Å². The molecule has 3 aromatic rings. The highest BCUT2D eigenvalue weighted by Crippen LogP contribution is 2.50. The van der Waals surface area contributed by atoms with Crippen molar-refractivity contribution in [3.05, 3.63) is 83.8 Å². The molecule has 13 heteroatoms. The number of rotatable bonds is 5. The maximum atomic E-state index is 13.1. The quantitative estimate of drug-likeness (QED) is 0.365. The number of amides is 1. The molecular weight excluding hydrogens is 492 g/mol. The number of hydrogen-bond acceptors (Lipinski definition) is 6. The number of carbonyl (C=O) groups is 1. The largest absolute Gasteiger partial charge is 0.430 e. The van der Waals surface area contributed by atoms with Crippen LogP contribution < -0.4 is 16.0 Å². The Balaban J connectivity index is 1.51. The number of fused-ring (bicyclic) bond motifs is 1. The van der Waals surface area contributed by atoms with Crippen LogP contribution in [0.4, 0.5) is 43.5 Å². The Morgan fingerprint density at radius 2 is 1.67 bits per heavy atom. The zero-order valence-electron chi connectivity index (χ0n) is 18.0. The monoisotopic (exact) mass is 509 g/mol. The van der Waals surface area contributed by atoms with Gasteiger partial charge in [0.1, 0.15) is 12.0 Å². The van der Waals surface area contributed by atoms with Crippen molar-refractivity contribution in [1.29, 1.82) is 0 Å². The van der Waals surface area contributed by atoms with E-state index < -0.39 is 35.6 Å². The number of benzene rings is 1. The molecule has 3 heterocycles. The Morgan fingerprint density at radius 3 is 2.33 bits per heavy atom. The summed E-state index contributed by atoms with van der Waals surface area (Å²) >= 11 is 0. The van der Waals surface area contributed by atoms with Gasteiger partial charge < -0.3 is 21.1 Å². The van der Waals surface area contributed by atoms with Crippen molar-refractivity contribution in [2.45, 2.75) is 24.1 Å². The molecule has 1 unspecified atom stereocenters. The minimum atomic E-state index is -6.01. The smallest absolute Gasteiger partial charge is 0.369 e. The highest BCUT2D eigenvalue weighted by Gasteiger charge is 2.71. The minimum Gasteiger partial charge on any atom is -0.369 e. The van der Waals surface area contributed by atoms with Crippen LogP contribution in [0.2, 0.25) is 0 Å².